The fourth-order valence-corrected chi connectivity index (χ4v) is 1.06. The zero-order valence-corrected chi connectivity index (χ0v) is 8.65. The Morgan fingerprint density at radius 1 is 1.79 bits per heavy atom. The van der Waals surface area contributed by atoms with E-state index in [4.69, 9.17) is 0 Å². The summed E-state index contributed by atoms with van der Waals surface area (Å²) in [5, 5.41) is 10.7. The molecule has 0 aliphatic heterocycles. The topological polar surface area (TPSA) is 69.9 Å². The van der Waals surface area contributed by atoms with Crippen molar-refractivity contribution < 1.29 is 9.53 Å². The summed E-state index contributed by atoms with van der Waals surface area (Å²) < 4.78 is 5.85. The van der Waals surface area contributed by atoms with E-state index in [0.717, 1.165) is 0 Å². The summed E-state index contributed by atoms with van der Waals surface area (Å²) in [5.74, 6) is 0.122. The number of carbonyl (C=O) groups is 1. The molecule has 0 saturated heterocycles. The van der Waals surface area contributed by atoms with Crippen molar-refractivity contribution >= 4 is 18.6 Å². The largest absolute Gasteiger partial charge is 0.468 e. The van der Waals surface area contributed by atoms with Gasteiger partial charge < -0.3 is 4.74 Å². The Hall–Kier alpha value is -1.11. The molecule has 1 aromatic rings. The number of carbonyl (C=O) groups excluding carboxylic acids is 1. The highest BCUT2D eigenvalue weighted by Gasteiger charge is 2.15. The monoisotopic (exact) mass is 215 g/mol. The van der Waals surface area contributed by atoms with E-state index in [9.17, 15) is 4.79 Å². The van der Waals surface area contributed by atoms with Crippen LogP contribution >= 0.6 is 12.6 Å². The Morgan fingerprint density at radius 2 is 2.50 bits per heavy atom. The first-order chi connectivity index (χ1) is 6.69. The standard InChI is InChI=1S/C7H11N4O2S/c1-3-5(14)7-8-9-10-11(7)4-6(12)13-2/h5,14H,1,3-4H2,2H3. The highest BCUT2D eigenvalue weighted by Crippen LogP contribution is 2.19. The van der Waals surface area contributed by atoms with E-state index in [1.807, 2.05) is 0 Å². The van der Waals surface area contributed by atoms with Gasteiger partial charge in [-0.25, -0.2) is 4.68 Å². The van der Waals surface area contributed by atoms with Crippen molar-refractivity contribution in [2.45, 2.75) is 18.2 Å². The average molecular weight is 215 g/mol. The molecular formula is C7H11N4O2S. The molecule has 1 atom stereocenters. The maximum atomic E-state index is 11.0. The molecule has 0 aliphatic rings. The zero-order valence-electron chi connectivity index (χ0n) is 7.75. The molecule has 1 unspecified atom stereocenters. The number of hydrogen-bond acceptors (Lipinski definition) is 6. The minimum Gasteiger partial charge on any atom is -0.468 e. The third kappa shape index (κ3) is 2.44. The summed E-state index contributed by atoms with van der Waals surface area (Å²) in [6, 6.07) is 0. The van der Waals surface area contributed by atoms with E-state index in [-0.39, 0.29) is 11.8 Å². The molecule has 0 spiro atoms. The van der Waals surface area contributed by atoms with Gasteiger partial charge in [-0.15, -0.1) is 5.10 Å². The van der Waals surface area contributed by atoms with Crippen molar-refractivity contribution in [1.29, 1.82) is 0 Å². The van der Waals surface area contributed by atoms with Crippen molar-refractivity contribution in [2.75, 3.05) is 7.11 Å². The minimum absolute atomic E-state index is 0.00407. The van der Waals surface area contributed by atoms with Gasteiger partial charge in [0.1, 0.15) is 6.54 Å². The van der Waals surface area contributed by atoms with E-state index >= 15 is 0 Å². The van der Waals surface area contributed by atoms with Gasteiger partial charge in [-0.3, -0.25) is 4.79 Å². The Labute approximate surface area is 87.0 Å². The SMILES string of the molecule is [CH2]CC(S)c1nnnn1CC(=O)OC. The van der Waals surface area contributed by atoms with Crippen LogP contribution in [0.4, 0.5) is 0 Å². The van der Waals surface area contributed by atoms with E-state index in [1.54, 1.807) is 0 Å². The molecule has 1 radical (unpaired) electrons. The number of ether oxygens (including phenoxy) is 1. The van der Waals surface area contributed by atoms with Crippen molar-refractivity contribution in [3.05, 3.63) is 12.7 Å². The van der Waals surface area contributed by atoms with Gasteiger partial charge in [-0.1, -0.05) is 6.92 Å². The highest BCUT2D eigenvalue weighted by atomic mass is 32.1. The van der Waals surface area contributed by atoms with E-state index in [1.165, 1.54) is 11.8 Å². The maximum Gasteiger partial charge on any atom is 0.327 e. The van der Waals surface area contributed by atoms with Crippen LogP contribution in [-0.2, 0) is 16.1 Å². The number of aromatic nitrogens is 4. The summed E-state index contributed by atoms with van der Waals surface area (Å²) in [6.45, 7) is 3.68. The van der Waals surface area contributed by atoms with Crippen molar-refractivity contribution in [1.82, 2.24) is 20.2 Å². The molecule has 0 saturated carbocycles. The van der Waals surface area contributed by atoms with Crippen LogP contribution in [0.25, 0.3) is 0 Å². The van der Waals surface area contributed by atoms with Crippen molar-refractivity contribution in [2.24, 2.45) is 0 Å². The van der Waals surface area contributed by atoms with Gasteiger partial charge in [-0.2, -0.15) is 12.6 Å². The number of tetrazole rings is 1. The molecule has 6 nitrogen and oxygen atoms in total. The number of nitrogens with zero attached hydrogens (tertiary/aromatic N) is 4. The lowest BCUT2D eigenvalue weighted by molar-refractivity contribution is -0.141. The molecule has 1 heterocycles. The third-order valence-corrected chi connectivity index (χ3v) is 2.13. The lowest BCUT2D eigenvalue weighted by Crippen LogP contribution is -2.16. The fourth-order valence-electron chi connectivity index (χ4n) is 0.879. The van der Waals surface area contributed by atoms with Crippen molar-refractivity contribution in [3.63, 3.8) is 0 Å². The predicted molar refractivity (Wildman–Crippen MR) is 51.5 cm³/mol. The van der Waals surface area contributed by atoms with Gasteiger partial charge >= 0.3 is 5.97 Å². The van der Waals surface area contributed by atoms with E-state index < -0.39 is 5.97 Å². The Balaban J connectivity index is 2.77. The van der Waals surface area contributed by atoms with E-state index in [0.29, 0.717) is 12.2 Å². The van der Waals surface area contributed by atoms with Gasteiger partial charge in [0.15, 0.2) is 5.82 Å². The minimum atomic E-state index is -0.400. The molecule has 77 valence electrons. The molecule has 0 amide bonds. The maximum absolute atomic E-state index is 11.0. The summed E-state index contributed by atoms with van der Waals surface area (Å²) in [6.07, 6.45) is 0.546. The number of hydrogen-bond donors (Lipinski definition) is 1. The molecular weight excluding hydrogens is 204 g/mol. The molecule has 1 aromatic heterocycles. The number of thiol groups is 1. The second-order valence-electron chi connectivity index (χ2n) is 2.58. The first kappa shape index (κ1) is 11.0. The first-order valence-electron chi connectivity index (χ1n) is 3.99. The predicted octanol–water partition coefficient (Wildman–Crippen LogP) is 0.0412. The van der Waals surface area contributed by atoms with Crippen LogP contribution in [0.5, 0.6) is 0 Å². The molecule has 1 rings (SSSR count). The van der Waals surface area contributed by atoms with Gasteiger partial charge in [0.25, 0.3) is 0 Å². The lowest BCUT2D eigenvalue weighted by Gasteiger charge is -2.06. The molecule has 0 N–H and O–H groups in total. The lowest BCUT2D eigenvalue weighted by atomic mass is 10.3. The highest BCUT2D eigenvalue weighted by molar-refractivity contribution is 7.80. The zero-order chi connectivity index (χ0) is 10.6. The Bertz CT molecular complexity index is 314. The van der Waals surface area contributed by atoms with Gasteiger partial charge in [0.2, 0.25) is 0 Å². The van der Waals surface area contributed by atoms with E-state index in [2.05, 4.69) is 39.8 Å². The normalized spacial score (nSPS) is 12.5. The third-order valence-electron chi connectivity index (χ3n) is 1.64. The Kier molecular flexibility index (Phi) is 3.87. The van der Waals surface area contributed by atoms with Gasteiger partial charge in [-0.05, 0) is 16.8 Å². The molecule has 0 aromatic carbocycles. The summed E-state index contributed by atoms with van der Waals surface area (Å²) in [7, 11) is 1.31. The molecule has 7 heteroatoms. The number of methoxy groups -OCH3 is 1. The van der Waals surface area contributed by atoms with Crippen molar-refractivity contribution in [3.8, 4) is 0 Å². The van der Waals surface area contributed by atoms with Crippen LogP contribution in [0.15, 0.2) is 0 Å². The first-order valence-corrected chi connectivity index (χ1v) is 4.51. The Morgan fingerprint density at radius 3 is 3.07 bits per heavy atom. The summed E-state index contributed by atoms with van der Waals surface area (Å²) in [4.78, 5) is 11.0. The number of rotatable bonds is 4. The molecule has 0 aliphatic carbocycles. The quantitative estimate of drug-likeness (QED) is 0.567. The second-order valence-corrected chi connectivity index (χ2v) is 3.20. The molecule has 14 heavy (non-hydrogen) atoms. The average Bonchev–Trinajstić information content (AvgIpc) is 2.64. The van der Waals surface area contributed by atoms with Crippen LogP contribution in [-0.4, -0.2) is 33.3 Å². The smallest absolute Gasteiger partial charge is 0.327 e. The molecule has 0 fully saturated rings. The van der Waals surface area contributed by atoms with Crippen LogP contribution in [0, 0.1) is 6.92 Å². The van der Waals surface area contributed by atoms with Crippen LogP contribution in [0.3, 0.4) is 0 Å². The van der Waals surface area contributed by atoms with Gasteiger partial charge in [0, 0.05) is 0 Å². The second kappa shape index (κ2) is 4.94. The van der Waals surface area contributed by atoms with Crippen LogP contribution in [0.2, 0.25) is 0 Å². The number of esters is 1. The van der Waals surface area contributed by atoms with Crippen LogP contribution < -0.4 is 0 Å². The molecule has 0 bridgehead atoms. The summed E-state index contributed by atoms with van der Waals surface area (Å²) >= 11 is 4.23. The summed E-state index contributed by atoms with van der Waals surface area (Å²) in [5.41, 5.74) is 0. The van der Waals surface area contributed by atoms with Gasteiger partial charge in [0.05, 0.1) is 12.4 Å². The fraction of sp³-hybridized carbons (Fsp3) is 0.571. The van der Waals surface area contributed by atoms with Crippen LogP contribution in [0.1, 0.15) is 17.5 Å².